The molecule has 0 spiro atoms. The first-order valence-corrected chi connectivity index (χ1v) is 6.88. The molecule has 2 nitrogen and oxygen atoms in total. The zero-order valence-corrected chi connectivity index (χ0v) is 12.7. The van der Waals surface area contributed by atoms with Gasteiger partial charge in [0, 0.05) is 10.5 Å². The maximum absolute atomic E-state index is 12.7. The van der Waals surface area contributed by atoms with Crippen LogP contribution in [0.4, 0.5) is 17.6 Å². The lowest BCUT2D eigenvalue weighted by Crippen LogP contribution is -2.33. The first-order chi connectivity index (χ1) is 9.27. The molecule has 0 aromatic heterocycles. The summed E-state index contributed by atoms with van der Waals surface area (Å²) in [6.07, 6.45) is -3.74. The number of nitrogens with one attached hydrogen (secondary N) is 1. The van der Waals surface area contributed by atoms with Crippen molar-refractivity contribution in [1.29, 1.82) is 0 Å². The van der Waals surface area contributed by atoms with E-state index in [-0.39, 0.29) is 11.8 Å². The molecular weight excluding hydrogens is 342 g/mol. The van der Waals surface area contributed by atoms with Crippen LogP contribution in [0.2, 0.25) is 0 Å². The van der Waals surface area contributed by atoms with Crippen LogP contribution < -0.4 is 10.1 Å². The highest BCUT2D eigenvalue weighted by atomic mass is 79.9. The molecule has 0 heterocycles. The van der Waals surface area contributed by atoms with E-state index in [4.69, 9.17) is 4.74 Å². The van der Waals surface area contributed by atoms with Crippen LogP contribution in [0.25, 0.3) is 0 Å². The van der Waals surface area contributed by atoms with E-state index in [0.29, 0.717) is 4.47 Å². The van der Waals surface area contributed by atoms with Gasteiger partial charge in [-0.25, -0.2) is 8.78 Å². The molecule has 0 aliphatic rings. The van der Waals surface area contributed by atoms with E-state index in [2.05, 4.69) is 21.2 Å². The highest BCUT2D eigenvalue weighted by Gasteiger charge is 2.41. The normalized spacial score (nSPS) is 13.6. The molecule has 1 N–H and O–H groups in total. The molecule has 20 heavy (non-hydrogen) atoms. The predicted octanol–water partition coefficient (Wildman–Crippen LogP) is 4.40. The van der Waals surface area contributed by atoms with Gasteiger partial charge in [-0.05, 0) is 31.2 Å². The van der Waals surface area contributed by atoms with Crippen LogP contribution in [0.15, 0.2) is 22.7 Å². The van der Waals surface area contributed by atoms with Gasteiger partial charge in [-0.3, -0.25) is 0 Å². The fourth-order valence-corrected chi connectivity index (χ4v) is 2.31. The number of benzene rings is 1. The molecule has 1 aromatic rings. The molecule has 0 aliphatic heterocycles. The first kappa shape index (κ1) is 17.2. The minimum Gasteiger partial charge on any atom is -0.487 e. The predicted molar refractivity (Wildman–Crippen MR) is 72.7 cm³/mol. The smallest absolute Gasteiger partial charge is 0.340 e. The molecule has 0 bridgehead atoms. The Morgan fingerprint density at radius 2 is 2.00 bits per heavy atom. The number of halogens is 5. The Labute approximate surface area is 123 Å². The van der Waals surface area contributed by atoms with Gasteiger partial charge in [-0.15, -0.1) is 0 Å². The molecular formula is C13H16BrF4NO. The molecule has 7 heteroatoms. The van der Waals surface area contributed by atoms with E-state index >= 15 is 0 Å². The summed E-state index contributed by atoms with van der Waals surface area (Å²) in [6.45, 7) is 3.36. The minimum atomic E-state index is -4.15. The third kappa shape index (κ3) is 4.63. The Kier molecular flexibility index (Phi) is 6.26. The third-order valence-electron chi connectivity index (χ3n) is 2.70. The number of hydrogen-bond donors (Lipinski definition) is 1. The van der Waals surface area contributed by atoms with Crippen molar-refractivity contribution in [3.8, 4) is 5.75 Å². The molecule has 0 saturated carbocycles. The average molecular weight is 358 g/mol. The van der Waals surface area contributed by atoms with Crippen LogP contribution in [-0.2, 0) is 0 Å². The van der Waals surface area contributed by atoms with Gasteiger partial charge in [0.25, 0.3) is 0 Å². The van der Waals surface area contributed by atoms with E-state index in [1.165, 1.54) is 12.1 Å². The highest BCUT2D eigenvalue weighted by Crippen LogP contribution is 2.29. The second-order valence-electron chi connectivity index (χ2n) is 4.31. The molecule has 1 rings (SSSR count). The second-order valence-corrected chi connectivity index (χ2v) is 5.17. The monoisotopic (exact) mass is 357 g/mol. The third-order valence-corrected chi connectivity index (χ3v) is 3.39. The van der Waals surface area contributed by atoms with Crippen molar-refractivity contribution in [3.63, 3.8) is 0 Å². The minimum absolute atomic E-state index is 0.0749. The lowest BCUT2D eigenvalue weighted by molar-refractivity contribution is -0.148. The number of hydrogen-bond acceptors (Lipinski definition) is 2. The van der Waals surface area contributed by atoms with Crippen LogP contribution in [0.3, 0.4) is 0 Å². The van der Waals surface area contributed by atoms with Crippen molar-refractivity contribution < 1.29 is 22.3 Å². The van der Waals surface area contributed by atoms with Crippen molar-refractivity contribution in [2.24, 2.45) is 0 Å². The molecule has 0 fully saturated rings. The van der Waals surface area contributed by atoms with Gasteiger partial charge >= 0.3 is 12.3 Å². The standard InChI is InChI=1S/C13H16BrF4NO/c1-3-19-8(2)10-5-4-9(6-11(10)14)20-7-13(17,18)12(15)16/h4-6,8,12,19H,3,7H2,1-2H3. The summed E-state index contributed by atoms with van der Waals surface area (Å²) in [4.78, 5) is 0. The van der Waals surface area contributed by atoms with Gasteiger partial charge in [0.05, 0.1) is 0 Å². The Morgan fingerprint density at radius 3 is 2.50 bits per heavy atom. The molecule has 114 valence electrons. The summed E-state index contributed by atoms with van der Waals surface area (Å²) in [7, 11) is 0. The Bertz CT molecular complexity index is 442. The largest absolute Gasteiger partial charge is 0.487 e. The fraction of sp³-hybridized carbons (Fsp3) is 0.538. The van der Waals surface area contributed by atoms with Gasteiger partial charge in [0.15, 0.2) is 6.61 Å². The molecule has 1 unspecified atom stereocenters. The summed E-state index contributed by atoms with van der Waals surface area (Å²) in [5, 5.41) is 3.20. The topological polar surface area (TPSA) is 21.3 Å². The van der Waals surface area contributed by atoms with Crippen molar-refractivity contribution >= 4 is 15.9 Å². The van der Waals surface area contributed by atoms with Crippen LogP contribution in [0, 0.1) is 0 Å². The molecule has 1 aromatic carbocycles. The van der Waals surface area contributed by atoms with E-state index in [1.54, 1.807) is 6.07 Å². The summed E-state index contributed by atoms with van der Waals surface area (Å²) in [5.74, 6) is -4.04. The summed E-state index contributed by atoms with van der Waals surface area (Å²) >= 11 is 3.31. The van der Waals surface area contributed by atoms with Crippen LogP contribution in [-0.4, -0.2) is 25.5 Å². The lowest BCUT2D eigenvalue weighted by atomic mass is 10.1. The number of rotatable bonds is 7. The van der Waals surface area contributed by atoms with Gasteiger partial charge in [-0.1, -0.05) is 28.9 Å². The lowest BCUT2D eigenvalue weighted by Gasteiger charge is -2.18. The first-order valence-electron chi connectivity index (χ1n) is 6.09. The van der Waals surface area contributed by atoms with E-state index in [1.807, 2.05) is 13.8 Å². The van der Waals surface area contributed by atoms with Gasteiger partial charge in [0.1, 0.15) is 5.75 Å². The Balaban J connectivity index is 2.73. The SMILES string of the molecule is CCNC(C)c1ccc(OCC(F)(F)C(F)F)cc1Br. The van der Waals surface area contributed by atoms with E-state index in [9.17, 15) is 17.6 Å². The quantitative estimate of drug-likeness (QED) is 0.730. The van der Waals surface area contributed by atoms with Crippen molar-refractivity contribution in [3.05, 3.63) is 28.2 Å². The maximum atomic E-state index is 12.7. The zero-order chi connectivity index (χ0) is 15.3. The van der Waals surface area contributed by atoms with Crippen molar-refractivity contribution in [2.75, 3.05) is 13.2 Å². The molecule has 1 atom stereocenters. The Hall–Kier alpha value is -0.820. The van der Waals surface area contributed by atoms with Gasteiger partial charge < -0.3 is 10.1 Å². The molecule has 0 aliphatic carbocycles. The number of alkyl halides is 4. The fourth-order valence-electron chi connectivity index (χ4n) is 1.61. The zero-order valence-electron chi connectivity index (χ0n) is 11.1. The second kappa shape index (κ2) is 7.26. The van der Waals surface area contributed by atoms with E-state index in [0.717, 1.165) is 12.1 Å². The summed E-state index contributed by atoms with van der Waals surface area (Å²) in [6, 6.07) is 4.75. The van der Waals surface area contributed by atoms with Crippen molar-refractivity contribution in [2.45, 2.75) is 32.2 Å². The molecule has 0 saturated heterocycles. The van der Waals surface area contributed by atoms with Crippen LogP contribution in [0.1, 0.15) is 25.5 Å². The van der Waals surface area contributed by atoms with Crippen LogP contribution >= 0.6 is 15.9 Å². The van der Waals surface area contributed by atoms with Crippen LogP contribution in [0.5, 0.6) is 5.75 Å². The molecule has 0 amide bonds. The van der Waals surface area contributed by atoms with Gasteiger partial charge in [-0.2, -0.15) is 8.78 Å². The summed E-state index contributed by atoms with van der Waals surface area (Å²) < 4.78 is 54.9. The molecule has 0 radical (unpaired) electrons. The van der Waals surface area contributed by atoms with E-state index < -0.39 is 19.0 Å². The average Bonchev–Trinajstić information content (AvgIpc) is 2.36. The van der Waals surface area contributed by atoms with Gasteiger partial charge in [0.2, 0.25) is 0 Å². The highest BCUT2D eigenvalue weighted by molar-refractivity contribution is 9.10. The summed E-state index contributed by atoms with van der Waals surface area (Å²) in [5.41, 5.74) is 0.930. The van der Waals surface area contributed by atoms with Crippen molar-refractivity contribution in [1.82, 2.24) is 5.32 Å². The maximum Gasteiger partial charge on any atom is 0.340 e. The number of ether oxygens (including phenoxy) is 1. The Morgan fingerprint density at radius 1 is 1.35 bits per heavy atom.